The number of carboxylic acid groups (broad SMARTS) is 1. The second-order valence-corrected chi connectivity index (χ2v) is 3.77. The third-order valence-corrected chi connectivity index (χ3v) is 1.61. The van der Waals surface area contributed by atoms with Crippen LogP contribution in [0.1, 0.15) is 20.8 Å². The Bertz CT molecular complexity index is 186. The van der Waals surface area contributed by atoms with Crippen molar-refractivity contribution in [1.29, 1.82) is 0 Å². The van der Waals surface area contributed by atoms with Crippen LogP contribution in [0.2, 0.25) is 0 Å². The van der Waals surface area contributed by atoms with E-state index in [1.165, 1.54) is 20.8 Å². The average Bonchev–Trinajstić information content (AvgIpc) is 1.83. The Morgan fingerprint density at radius 2 is 1.75 bits per heavy atom. The maximum Gasteiger partial charge on any atom is 0.376 e. The number of hydrogen-bond donors (Lipinski definition) is 2. The molecule has 0 aromatic carbocycles. The summed E-state index contributed by atoms with van der Waals surface area (Å²) in [5.74, 6) is -6.04. The minimum absolute atomic E-state index is 0.929. The molecule has 0 aromatic heterocycles. The van der Waals surface area contributed by atoms with E-state index in [1.54, 1.807) is 0 Å². The van der Waals surface area contributed by atoms with Crippen LogP contribution in [0.15, 0.2) is 0 Å². The number of hydrogen-bond acceptors (Lipinski definition) is 2. The van der Waals surface area contributed by atoms with Crippen LogP contribution in [-0.4, -0.2) is 23.0 Å². The molecule has 0 radical (unpaired) electrons. The third-order valence-electron chi connectivity index (χ3n) is 1.61. The van der Waals surface area contributed by atoms with Crippen LogP contribution in [0.5, 0.6) is 0 Å². The SMILES string of the molecule is CC(C)(C)[C@@H](N)C(F)(F)C(=O)O. The summed E-state index contributed by atoms with van der Waals surface area (Å²) in [5, 5.41) is 8.14. The number of nitrogens with two attached hydrogens (primary N) is 1. The lowest BCUT2D eigenvalue weighted by Gasteiger charge is -2.30. The largest absolute Gasteiger partial charge is 0.477 e. The maximum atomic E-state index is 12.7. The molecule has 0 unspecified atom stereocenters. The lowest BCUT2D eigenvalue weighted by atomic mass is 9.83. The summed E-state index contributed by atoms with van der Waals surface area (Å²) in [6.45, 7) is 4.40. The van der Waals surface area contributed by atoms with Gasteiger partial charge < -0.3 is 10.8 Å². The van der Waals surface area contributed by atoms with E-state index in [-0.39, 0.29) is 0 Å². The van der Waals surface area contributed by atoms with Crippen molar-refractivity contribution < 1.29 is 18.7 Å². The summed E-state index contributed by atoms with van der Waals surface area (Å²) >= 11 is 0. The minimum atomic E-state index is -3.86. The molecule has 0 fully saturated rings. The number of halogens is 2. The van der Waals surface area contributed by atoms with Crippen LogP contribution in [0.4, 0.5) is 8.78 Å². The van der Waals surface area contributed by atoms with Crippen molar-refractivity contribution in [2.45, 2.75) is 32.7 Å². The highest BCUT2D eigenvalue weighted by Gasteiger charge is 2.50. The molecule has 0 bridgehead atoms. The lowest BCUT2D eigenvalue weighted by Crippen LogP contribution is -2.54. The third kappa shape index (κ3) is 2.14. The fourth-order valence-corrected chi connectivity index (χ4v) is 0.677. The van der Waals surface area contributed by atoms with E-state index < -0.39 is 23.3 Å². The summed E-state index contributed by atoms with van der Waals surface area (Å²) < 4.78 is 25.4. The number of carboxylic acids is 1. The highest BCUT2D eigenvalue weighted by Crippen LogP contribution is 2.30. The molecule has 0 aliphatic carbocycles. The molecule has 72 valence electrons. The number of carbonyl (C=O) groups is 1. The second kappa shape index (κ2) is 2.97. The predicted octanol–water partition coefficient (Wildman–Crippen LogP) is 1.08. The Kier molecular flexibility index (Phi) is 2.79. The van der Waals surface area contributed by atoms with Crippen LogP contribution < -0.4 is 5.73 Å². The number of aliphatic carboxylic acids is 1. The molecule has 0 aliphatic heterocycles. The summed E-state index contributed by atoms with van der Waals surface area (Å²) in [4.78, 5) is 10.1. The molecule has 0 saturated carbocycles. The fraction of sp³-hybridized carbons (Fsp3) is 0.857. The molecule has 0 rings (SSSR count). The zero-order valence-electron chi connectivity index (χ0n) is 7.27. The molecule has 0 amide bonds. The number of rotatable bonds is 2. The van der Waals surface area contributed by atoms with Gasteiger partial charge in [-0.2, -0.15) is 8.78 Å². The Labute approximate surface area is 69.6 Å². The van der Waals surface area contributed by atoms with Gasteiger partial charge in [-0.25, -0.2) is 4.79 Å². The van der Waals surface area contributed by atoms with E-state index in [2.05, 4.69) is 0 Å². The Morgan fingerprint density at radius 3 is 1.83 bits per heavy atom. The van der Waals surface area contributed by atoms with Crippen LogP contribution >= 0.6 is 0 Å². The molecular weight excluding hydrogens is 168 g/mol. The predicted molar refractivity (Wildman–Crippen MR) is 40.0 cm³/mol. The van der Waals surface area contributed by atoms with Crippen LogP contribution in [0.25, 0.3) is 0 Å². The first-order valence-electron chi connectivity index (χ1n) is 3.47. The average molecular weight is 181 g/mol. The van der Waals surface area contributed by atoms with Crippen molar-refractivity contribution in [3.8, 4) is 0 Å². The van der Waals surface area contributed by atoms with Gasteiger partial charge in [0.25, 0.3) is 0 Å². The van der Waals surface area contributed by atoms with Crippen LogP contribution in [-0.2, 0) is 4.79 Å². The van der Waals surface area contributed by atoms with Crippen molar-refractivity contribution in [3.05, 3.63) is 0 Å². The zero-order valence-corrected chi connectivity index (χ0v) is 7.27. The Balaban J connectivity index is 4.69. The van der Waals surface area contributed by atoms with Gasteiger partial charge in [0, 0.05) is 0 Å². The van der Waals surface area contributed by atoms with Crippen LogP contribution in [0.3, 0.4) is 0 Å². The summed E-state index contributed by atoms with van der Waals surface area (Å²) in [5.41, 5.74) is 4.17. The lowest BCUT2D eigenvalue weighted by molar-refractivity contribution is -0.172. The van der Waals surface area contributed by atoms with E-state index in [4.69, 9.17) is 10.8 Å². The second-order valence-electron chi connectivity index (χ2n) is 3.77. The first-order chi connectivity index (χ1) is 5.10. The zero-order chi connectivity index (χ0) is 10.2. The van der Waals surface area contributed by atoms with Crippen molar-refractivity contribution >= 4 is 5.97 Å². The molecule has 3 N–H and O–H groups in total. The topological polar surface area (TPSA) is 63.3 Å². The summed E-state index contributed by atoms with van der Waals surface area (Å²) in [6, 6.07) is -1.68. The van der Waals surface area contributed by atoms with Crippen LogP contribution in [0, 0.1) is 5.41 Å². The van der Waals surface area contributed by atoms with Gasteiger partial charge >= 0.3 is 11.9 Å². The van der Waals surface area contributed by atoms with Gasteiger partial charge in [-0.1, -0.05) is 20.8 Å². The van der Waals surface area contributed by atoms with Crippen molar-refractivity contribution in [2.75, 3.05) is 0 Å². The molecule has 0 aliphatic rings. The standard InChI is InChI=1S/C7H13F2NO2/c1-6(2,3)4(10)7(8,9)5(11)12/h4H,10H2,1-3H3,(H,11,12)/t4-/m1/s1. The highest BCUT2D eigenvalue weighted by molar-refractivity contribution is 5.76. The number of alkyl halides is 2. The quantitative estimate of drug-likeness (QED) is 0.670. The molecule has 3 nitrogen and oxygen atoms in total. The van der Waals surface area contributed by atoms with E-state index in [0.29, 0.717) is 0 Å². The van der Waals surface area contributed by atoms with Gasteiger partial charge in [0.05, 0.1) is 6.04 Å². The minimum Gasteiger partial charge on any atom is -0.477 e. The summed E-state index contributed by atoms with van der Waals surface area (Å²) in [7, 11) is 0. The molecule has 0 aromatic rings. The fourth-order valence-electron chi connectivity index (χ4n) is 0.677. The van der Waals surface area contributed by atoms with Gasteiger partial charge in [0.15, 0.2) is 0 Å². The highest BCUT2D eigenvalue weighted by atomic mass is 19.3. The van der Waals surface area contributed by atoms with Gasteiger partial charge in [-0.05, 0) is 5.41 Å². The molecule has 0 spiro atoms. The summed E-state index contributed by atoms with van der Waals surface area (Å²) in [6.07, 6.45) is 0. The van der Waals surface area contributed by atoms with Gasteiger partial charge in [-0.3, -0.25) is 0 Å². The molecule has 12 heavy (non-hydrogen) atoms. The van der Waals surface area contributed by atoms with E-state index in [9.17, 15) is 13.6 Å². The van der Waals surface area contributed by atoms with Crippen molar-refractivity contribution in [2.24, 2.45) is 11.1 Å². The normalized spacial score (nSPS) is 15.8. The monoisotopic (exact) mass is 181 g/mol. The molecule has 0 saturated heterocycles. The van der Waals surface area contributed by atoms with Crippen molar-refractivity contribution in [3.63, 3.8) is 0 Å². The molecule has 0 heterocycles. The van der Waals surface area contributed by atoms with Gasteiger partial charge in [0.1, 0.15) is 0 Å². The smallest absolute Gasteiger partial charge is 0.376 e. The van der Waals surface area contributed by atoms with E-state index in [0.717, 1.165) is 0 Å². The van der Waals surface area contributed by atoms with Crippen molar-refractivity contribution in [1.82, 2.24) is 0 Å². The first-order valence-corrected chi connectivity index (χ1v) is 3.47. The van der Waals surface area contributed by atoms with E-state index >= 15 is 0 Å². The molecule has 1 atom stereocenters. The molecular formula is C7H13F2NO2. The van der Waals surface area contributed by atoms with Gasteiger partial charge in [-0.15, -0.1) is 0 Å². The first kappa shape index (κ1) is 11.3. The molecule has 5 heteroatoms. The van der Waals surface area contributed by atoms with E-state index in [1.807, 2.05) is 0 Å². The Hall–Kier alpha value is -0.710. The Morgan fingerprint density at radius 1 is 1.42 bits per heavy atom. The van der Waals surface area contributed by atoms with Gasteiger partial charge in [0.2, 0.25) is 0 Å². The maximum absolute atomic E-state index is 12.7.